The number of nitrogens with zero attached hydrogens (tertiary/aromatic N) is 1. The lowest BCUT2D eigenvalue weighted by molar-refractivity contribution is -0.141. The van der Waals surface area contributed by atoms with E-state index in [1.165, 1.54) is 12.5 Å². The van der Waals surface area contributed by atoms with Gasteiger partial charge in [0.25, 0.3) is 0 Å². The first-order chi connectivity index (χ1) is 9.49. The van der Waals surface area contributed by atoms with Crippen LogP contribution in [-0.4, -0.2) is 44.1 Å². The fraction of sp³-hybridized carbons (Fsp3) is 0.500. The molecular formula is C12H17N3O5. The van der Waals surface area contributed by atoms with Gasteiger partial charge in [0.1, 0.15) is 6.04 Å². The number of hydrogen-bond donors (Lipinski definition) is 4. The Morgan fingerprint density at radius 1 is 1.25 bits per heavy atom. The van der Waals surface area contributed by atoms with Gasteiger partial charge in [-0.05, 0) is 12.8 Å². The topological polar surface area (TPSA) is 132 Å². The highest BCUT2D eigenvalue weighted by Crippen LogP contribution is 2.03. The van der Waals surface area contributed by atoms with Crippen LogP contribution in [0.5, 0.6) is 0 Å². The molecule has 0 aliphatic heterocycles. The SMILES string of the molecule is O=C(O)CCCCC(=O)NC(Cc1cnc[nH]1)C(=O)O. The van der Waals surface area contributed by atoms with Crippen LogP contribution in [0.3, 0.4) is 0 Å². The van der Waals surface area contributed by atoms with Crippen LogP contribution >= 0.6 is 0 Å². The summed E-state index contributed by atoms with van der Waals surface area (Å²) in [6.45, 7) is 0. The minimum Gasteiger partial charge on any atom is -0.481 e. The van der Waals surface area contributed by atoms with Crippen molar-refractivity contribution in [1.82, 2.24) is 15.3 Å². The van der Waals surface area contributed by atoms with Gasteiger partial charge in [0.15, 0.2) is 0 Å². The Hall–Kier alpha value is -2.38. The third-order valence-corrected chi connectivity index (χ3v) is 2.66. The largest absolute Gasteiger partial charge is 0.481 e. The number of carbonyl (C=O) groups is 3. The highest BCUT2D eigenvalue weighted by molar-refractivity contribution is 5.83. The van der Waals surface area contributed by atoms with Crippen LogP contribution in [0.15, 0.2) is 12.5 Å². The van der Waals surface area contributed by atoms with Crippen molar-refractivity contribution in [2.45, 2.75) is 38.1 Å². The molecule has 1 amide bonds. The molecule has 4 N–H and O–H groups in total. The normalized spacial score (nSPS) is 11.8. The van der Waals surface area contributed by atoms with Crippen molar-refractivity contribution in [1.29, 1.82) is 0 Å². The number of H-pyrrole nitrogens is 1. The van der Waals surface area contributed by atoms with Gasteiger partial charge in [0.2, 0.25) is 5.91 Å². The van der Waals surface area contributed by atoms with Gasteiger partial charge >= 0.3 is 11.9 Å². The number of carboxylic acid groups (broad SMARTS) is 2. The summed E-state index contributed by atoms with van der Waals surface area (Å²) < 4.78 is 0. The first-order valence-electron chi connectivity index (χ1n) is 6.20. The van der Waals surface area contributed by atoms with Gasteiger partial charge < -0.3 is 20.5 Å². The highest BCUT2D eigenvalue weighted by Gasteiger charge is 2.20. The molecule has 8 nitrogen and oxygen atoms in total. The highest BCUT2D eigenvalue weighted by atomic mass is 16.4. The van der Waals surface area contributed by atoms with Crippen molar-refractivity contribution >= 4 is 17.8 Å². The summed E-state index contributed by atoms with van der Waals surface area (Å²) in [4.78, 5) is 39.5. The molecule has 110 valence electrons. The van der Waals surface area contributed by atoms with E-state index in [1.807, 2.05) is 0 Å². The van der Waals surface area contributed by atoms with E-state index in [0.717, 1.165) is 0 Å². The van der Waals surface area contributed by atoms with E-state index in [-0.39, 0.29) is 19.3 Å². The lowest BCUT2D eigenvalue weighted by Crippen LogP contribution is -2.42. The zero-order chi connectivity index (χ0) is 15.0. The maximum Gasteiger partial charge on any atom is 0.326 e. The number of aromatic nitrogens is 2. The predicted molar refractivity (Wildman–Crippen MR) is 68.0 cm³/mol. The number of carbonyl (C=O) groups excluding carboxylic acids is 1. The number of aromatic amines is 1. The van der Waals surface area contributed by atoms with Gasteiger partial charge in [-0.1, -0.05) is 0 Å². The molecule has 8 heteroatoms. The molecule has 0 spiro atoms. The van der Waals surface area contributed by atoms with Gasteiger partial charge in [-0.15, -0.1) is 0 Å². The number of hydrogen-bond acceptors (Lipinski definition) is 4. The predicted octanol–water partition coefficient (Wildman–Crippen LogP) is 0.167. The zero-order valence-electron chi connectivity index (χ0n) is 10.8. The second-order valence-electron chi connectivity index (χ2n) is 4.34. The third kappa shape index (κ3) is 5.98. The van der Waals surface area contributed by atoms with E-state index in [0.29, 0.717) is 18.5 Å². The molecular weight excluding hydrogens is 266 g/mol. The van der Waals surface area contributed by atoms with Crippen LogP contribution in [0.1, 0.15) is 31.4 Å². The molecule has 1 aromatic rings. The summed E-state index contributed by atoms with van der Waals surface area (Å²) in [5.74, 6) is -2.44. The second kappa shape index (κ2) is 7.93. The number of amides is 1. The lowest BCUT2D eigenvalue weighted by Gasteiger charge is -2.13. The van der Waals surface area contributed by atoms with Crippen molar-refractivity contribution in [2.75, 3.05) is 0 Å². The van der Waals surface area contributed by atoms with Crippen molar-refractivity contribution in [3.63, 3.8) is 0 Å². The molecule has 0 saturated carbocycles. The molecule has 0 aliphatic rings. The summed E-state index contributed by atoms with van der Waals surface area (Å²) >= 11 is 0. The van der Waals surface area contributed by atoms with Crippen LogP contribution in [0.25, 0.3) is 0 Å². The molecule has 0 bridgehead atoms. The summed E-state index contributed by atoms with van der Waals surface area (Å²) in [5, 5.41) is 19.9. The van der Waals surface area contributed by atoms with Crippen LogP contribution in [0, 0.1) is 0 Å². The summed E-state index contributed by atoms with van der Waals surface area (Å²) in [7, 11) is 0. The summed E-state index contributed by atoms with van der Waals surface area (Å²) in [6.07, 6.45) is 3.96. The third-order valence-electron chi connectivity index (χ3n) is 2.66. The second-order valence-corrected chi connectivity index (χ2v) is 4.34. The van der Waals surface area contributed by atoms with E-state index in [1.54, 1.807) is 0 Å². The molecule has 0 saturated heterocycles. The number of unbranched alkanes of at least 4 members (excludes halogenated alkanes) is 1. The minimum atomic E-state index is -1.13. The van der Waals surface area contributed by atoms with Crippen LogP contribution in [-0.2, 0) is 20.8 Å². The van der Waals surface area contributed by atoms with Gasteiger partial charge in [-0.25, -0.2) is 9.78 Å². The monoisotopic (exact) mass is 283 g/mol. The van der Waals surface area contributed by atoms with Crippen molar-refractivity contribution in [3.05, 3.63) is 18.2 Å². The molecule has 1 rings (SSSR count). The molecule has 1 heterocycles. The number of rotatable bonds is 9. The van der Waals surface area contributed by atoms with E-state index in [9.17, 15) is 14.4 Å². The number of nitrogens with one attached hydrogen (secondary N) is 2. The van der Waals surface area contributed by atoms with Crippen LogP contribution in [0.4, 0.5) is 0 Å². The van der Waals surface area contributed by atoms with Crippen molar-refractivity contribution in [3.8, 4) is 0 Å². The first-order valence-corrected chi connectivity index (χ1v) is 6.20. The smallest absolute Gasteiger partial charge is 0.326 e. The van der Waals surface area contributed by atoms with Crippen LogP contribution < -0.4 is 5.32 Å². The van der Waals surface area contributed by atoms with Crippen molar-refractivity contribution in [2.24, 2.45) is 0 Å². The molecule has 0 radical (unpaired) electrons. The minimum absolute atomic E-state index is 0.00375. The maximum atomic E-state index is 11.6. The van der Waals surface area contributed by atoms with E-state index in [2.05, 4.69) is 15.3 Å². The Morgan fingerprint density at radius 2 is 1.95 bits per heavy atom. The number of imidazole rings is 1. The number of carboxylic acids is 2. The lowest BCUT2D eigenvalue weighted by atomic mass is 10.1. The first kappa shape index (κ1) is 15.7. The van der Waals surface area contributed by atoms with Gasteiger partial charge in [0, 0.05) is 31.2 Å². The van der Waals surface area contributed by atoms with Gasteiger partial charge in [-0.3, -0.25) is 9.59 Å². The maximum absolute atomic E-state index is 11.6. The zero-order valence-corrected chi connectivity index (χ0v) is 10.8. The molecule has 0 fully saturated rings. The Balaban J connectivity index is 2.35. The molecule has 20 heavy (non-hydrogen) atoms. The van der Waals surface area contributed by atoms with Crippen LogP contribution in [0.2, 0.25) is 0 Å². The Bertz CT molecular complexity index is 458. The Labute approximate surface area is 115 Å². The van der Waals surface area contributed by atoms with E-state index in [4.69, 9.17) is 10.2 Å². The molecule has 1 atom stereocenters. The van der Waals surface area contributed by atoms with Gasteiger partial charge in [-0.2, -0.15) is 0 Å². The molecule has 0 aromatic carbocycles. The Kier molecular flexibility index (Phi) is 6.21. The number of aliphatic carboxylic acids is 2. The molecule has 1 aromatic heterocycles. The van der Waals surface area contributed by atoms with E-state index >= 15 is 0 Å². The Morgan fingerprint density at radius 3 is 2.50 bits per heavy atom. The summed E-state index contributed by atoms with van der Waals surface area (Å²) in [6, 6.07) is -1.03. The molecule has 0 aliphatic carbocycles. The fourth-order valence-corrected chi connectivity index (χ4v) is 1.64. The summed E-state index contributed by atoms with van der Waals surface area (Å²) in [5.41, 5.74) is 0.614. The molecule has 1 unspecified atom stereocenters. The average Bonchev–Trinajstić information content (AvgIpc) is 2.86. The van der Waals surface area contributed by atoms with E-state index < -0.39 is 23.9 Å². The fourth-order valence-electron chi connectivity index (χ4n) is 1.64. The van der Waals surface area contributed by atoms with Crippen molar-refractivity contribution < 1.29 is 24.6 Å². The standard InChI is InChI=1S/C12H17N3O5/c16-10(3-1-2-4-11(17)18)15-9(12(19)20)5-8-6-13-7-14-8/h6-7,9H,1-5H2,(H,13,14)(H,15,16)(H,17,18)(H,19,20). The van der Waals surface area contributed by atoms with Gasteiger partial charge in [0.05, 0.1) is 6.33 Å². The average molecular weight is 283 g/mol. The quantitative estimate of drug-likeness (QED) is 0.477.